The summed E-state index contributed by atoms with van der Waals surface area (Å²) in [6.07, 6.45) is 1.96. The molecule has 0 aromatic rings. The van der Waals surface area contributed by atoms with Crippen LogP contribution in [-0.2, 0) is 9.59 Å². The van der Waals surface area contributed by atoms with Crippen molar-refractivity contribution in [1.82, 2.24) is 10.2 Å². The van der Waals surface area contributed by atoms with E-state index in [0.717, 1.165) is 19.4 Å². The molecule has 4 heteroatoms. The SMILES string of the molecule is CC(=O)C1CCCN(C(C)C(=O)NC(C)(C)C)C1. The number of carbonyl (C=O) groups excluding carboxylic acids is 2. The van der Waals surface area contributed by atoms with Gasteiger partial charge in [-0.05, 0) is 54.0 Å². The van der Waals surface area contributed by atoms with Crippen molar-refractivity contribution in [2.75, 3.05) is 13.1 Å². The molecular formula is C14H26N2O2. The van der Waals surface area contributed by atoms with Crippen molar-refractivity contribution in [1.29, 1.82) is 0 Å². The summed E-state index contributed by atoms with van der Waals surface area (Å²) < 4.78 is 0. The van der Waals surface area contributed by atoms with Crippen molar-refractivity contribution in [2.45, 2.75) is 59.0 Å². The van der Waals surface area contributed by atoms with Crippen LogP contribution in [-0.4, -0.2) is 41.3 Å². The third-order valence-corrected chi connectivity index (χ3v) is 3.45. The predicted octanol–water partition coefficient (Wildman–Crippen LogP) is 1.59. The van der Waals surface area contributed by atoms with E-state index in [9.17, 15) is 9.59 Å². The van der Waals surface area contributed by atoms with Crippen LogP contribution in [0.2, 0.25) is 0 Å². The van der Waals surface area contributed by atoms with Gasteiger partial charge in [-0.15, -0.1) is 0 Å². The molecule has 1 heterocycles. The lowest BCUT2D eigenvalue weighted by Gasteiger charge is -2.36. The number of Topliss-reactive ketones (excluding diaryl/α,β-unsaturated/α-hetero) is 1. The van der Waals surface area contributed by atoms with E-state index in [0.29, 0.717) is 6.54 Å². The standard InChI is InChI=1S/C14H26N2O2/c1-10(13(18)15-14(3,4)5)16-8-6-7-12(9-16)11(2)17/h10,12H,6-9H2,1-5H3,(H,15,18). The Balaban J connectivity index is 2.58. The smallest absolute Gasteiger partial charge is 0.237 e. The summed E-state index contributed by atoms with van der Waals surface area (Å²) in [5, 5.41) is 2.99. The number of carbonyl (C=O) groups is 2. The van der Waals surface area contributed by atoms with Crippen molar-refractivity contribution < 1.29 is 9.59 Å². The van der Waals surface area contributed by atoms with E-state index in [-0.39, 0.29) is 29.2 Å². The molecule has 0 spiro atoms. The van der Waals surface area contributed by atoms with Crippen LogP contribution in [0, 0.1) is 5.92 Å². The van der Waals surface area contributed by atoms with Crippen molar-refractivity contribution >= 4 is 11.7 Å². The molecule has 0 aliphatic carbocycles. The normalized spacial score (nSPS) is 23.5. The van der Waals surface area contributed by atoms with Crippen molar-refractivity contribution in [3.8, 4) is 0 Å². The first-order chi connectivity index (χ1) is 8.20. The summed E-state index contributed by atoms with van der Waals surface area (Å²) in [7, 11) is 0. The lowest BCUT2D eigenvalue weighted by Crippen LogP contribution is -2.53. The van der Waals surface area contributed by atoms with Crippen molar-refractivity contribution in [2.24, 2.45) is 5.92 Å². The Morgan fingerprint density at radius 1 is 1.33 bits per heavy atom. The topological polar surface area (TPSA) is 49.4 Å². The Bertz CT molecular complexity index is 320. The van der Waals surface area contributed by atoms with Gasteiger partial charge in [0.2, 0.25) is 5.91 Å². The Morgan fingerprint density at radius 2 is 1.94 bits per heavy atom. The molecule has 0 bridgehead atoms. The molecule has 0 aromatic carbocycles. The van der Waals surface area contributed by atoms with Crippen LogP contribution in [0.4, 0.5) is 0 Å². The molecule has 0 saturated carbocycles. The molecule has 1 fully saturated rings. The minimum atomic E-state index is -0.207. The highest BCUT2D eigenvalue weighted by atomic mass is 16.2. The number of hydrogen-bond acceptors (Lipinski definition) is 3. The van der Waals surface area contributed by atoms with Gasteiger partial charge >= 0.3 is 0 Å². The molecule has 1 aliphatic heterocycles. The first-order valence-corrected chi connectivity index (χ1v) is 6.77. The third kappa shape index (κ3) is 4.41. The number of amides is 1. The largest absolute Gasteiger partial charge is 0.350 e. The molecule has 1 saturated heterocycles. The number of rotatable bonds is 3. The van der Waals surface area contributed by atoms with E-state index in [1.807, 2.05) is 27.7 Å². The maximum atomic E-state index is 12.1. The van der Waals surface area contributed by atoms with E-state index in [1.165, 1.54) is 0 Å². The van der Waals surface area contributed by atoms with E-state index in [4.69, 9.17) is 0 Å². The Labute approximate surface area is 110 Å². The summed E-state index contributed by atoms with van der Waals surface area (Å²) in [6.45, 7) is 11.1. The molecule has 0 aromatic heterocycles. The highest BCUT2D eigenvalue weighted by molar-refractivity contribution is 5.82. The summed E-state index contributed by atoms with van der Waals surface area (Å²) in [5.74, 6) is 0.387. The summed E-state index contributed by atoms with van der Waals surface area (Å²) in [6, 6.07) is -0.161. The monoisotopic (exact) mass is 254 g/mol. The number of piperidine rings is 1. The minimum absolute atomic E-state index is 0.0479. The maximum Gasteiger partial charge on any atom is 0.237 e. The van der Waals surface area contributed by atoms with E-state index < -0.39 is 0 Å². The van der Waals surface area contributed by atoms with Gasteiger partial charge in [-0.1, -0.05) is 0 Å². The van der Waals surface area contributed by atoms with Crippen LogP contribution in [0.3, 0.4) is 0 Å². The van der Waals surface area contributed by atoms with Crippen LogP contribution in [0.15, 0.2) is 0 Å². The average molecular weight is 254 g/mol. The molecule has 1 amide bonds. The zero-order valence-electron chi connectivity index (χ0n) is 12.2. The molecule has 1 rings (SSSR count). The summed E-state index contributed by atoms with van der Waals surface area (Å²) in [5.41, 5.74) is -0.207. The fraction of sp³-hybridized carbons (Fsp3) is 0.857. The molecule has 18 heavy (non-hydrogen) atoms. The van der Waals surface area contributed by atoms with E-state index in [2.05, 4.69) is 10.2 Å². The van der Waals surface area contributed by atoms with E-state index >= 15 is 0 Å². The zero-order chi connectivity index (χ0) is 13.9. The highest BCUT2D eigenvalue weighted by Crippen LogP contribution is 2.19. The first-order valence-electron chi connectivity index (χ1n) is 6.77. The lowest BCUT2D eigenvalue weighted by atomic mass is 9.93. The summed E-state index contributed by atoms with van der Waals surface area (Å²) in [4.78, 5) is 25.7. The second-order valence-corrected chi connectivity index (χ2v) is 6.36. The van der Waals surface area contributed by atoms with Gasteiger partial charge in [-0.25, -0.2) is 0 Å². The molecule has 0 radical (unpaired) electrons. The number of nitrogens with zero attached hydrogens (tertiary/aromatic N) is 1. The minimum Gasteiger partial charge on any atom is -0.350 e. The average Bonchev–Trinajstić information content (AvgIpc) is 2.26. The number of likely N-dealkylation sites (tertiary alicyclic amines) is 1. The highest BCUT2D eigenvalue weighted by Gasteiger charge is 2.30. The van der Waals surface area contributed by atoms with Gasteiger partial charge in [0.15, 0.2) is 0 Å². The Hall–Kier alpha value is -0.900. The van der Waals surface area contributed by atoms with Crippen LogP contribution in [0.25, 0.3) is 0 Å². The molecular weight excluding hydrogens is 228 g/mol. The van der Waals surface area contributed by atoms with Crippen molar-refractivity contribution in [3.63, 3.8) is 0 Å². The molecule has 2 unspecified atom stereocenters. The van der Waals surface area contributed by atoms with Gasteiger partial charge in [0, 0.05) is 18.0 Å². The number of hydrogen-bond donors (Lipinski definition) is 1. The van der Waals surface area contributed by atoms with Gasteiger partial charge in [-0.3, -0.25) is 14.5 Å². The van der Waals surface area contributed by atoms with Gasteiger partial charge in [0.1, 0.15) is 5.78 Å². The second kappa shape index (κ2) is 5.83. The number of nitrogens with one attached hydrogen (secondary N) is 1. The molecule has 4 nitrogen and oxygen atoms in total. The molecule has 104 valence electrons. The Kier molecular flexibility index (Phi) is 4.91. The van der Waals surface area contributed by atoms with E-state index in [1.54, 1.807) is 6.92 Å². The molecule has 1 N–H and O–H groups in total. The fourth-order valence-corrected chi connectivity index (χ4v) is 2.33. The van der Waals surface area contributed by atoms with Crippen LogP contribution in [0.1, 0.15) is 47.5 Å². The van der Waals surface area contributed by atoms with Gasteiger partial charge < -0.3 is 5.32 Å². The third-order valence-electron chi connectivity index (χ3n) is 3.45. The summed E-state index contributed by atoms with van der Waals surface area (Å²) >= 11 is 0. The predicted molar refractivity (Wildman–Crippen MR) is 72.3 cm³/mol. The molecule has 2 atom stereocenters. The second-order valence-electron chi connectivity index (χ2n) is 6.36. The van der Waals surface area contributed by atoms with Gasteiger partial charge in [0.25, 0.3) is 0 Å². The fourth-order valence-electron chi connectivity index (χ4n) is 2.33. The quantitative estimate of drug-likeness (QED) is 0.832. The van der Waals surface area contributed by atoms with Crippen LogP contribution >= 0.6 is 0 Å². The van der Waals surface area contributed by atoms with Crippen molar-refractivity contribution in [3.05, 3.63) is 0 Å². The lowest BCUT2D eigenvalue weighted by molar-refractivity contribution is -0.130. The number of ketones is 1. The maximum absolute atomic E-state index is 12.1. The first kappa shape index (κ1) is 15.2. The Morgan fingerprint density at radius 3 is 2.44 bits per heavy atom. The molecule has 1 aliphatic rings. The van der Waals surface area contributed by atoms with Gasteiger partial charge in [0.05, 0.1) is 6.04 Å². The van der Waals surface area contributed by atoms with Crippen LogP contribution in [0.5, 0.6) is 0 Å². The van der Waals surface area contributed by atoms with Gasteiger partial charge in [-0.2, -0.15) is 0 Å². The zero-order valence-corrected chi connectivity index (χ0v) is 12.2. The van der Waals surface area contributed by atoms with Crippen LogP contribution < -0.4 is 5.32 Å².